The molecule has 3 N–H and O–H groups in total. The van der Waals surface area contributed by atoms with Crippen molar-refractivity contribution < 1.29 is 4.74 Å². The Morgan fingerprint density at radius 3 is 3.00 bits per heavy atom. The lowest BCUT2D eigenvalue weighted by molar-refractivity contribution is 0.357. The number of aryl methyl sites for hydroxylation is 1. The van der Waals surface area contributed by atoms with Gasteiger partial charge in [0.1, 0.15) is 5.75 Å². The molecule has 0 atom stereocenters. The standard InChI is InChI=1S/C17H20N2O/c1-12-3-2-4-15(18)17(12)19-9-7-13-5-6-16-14(11-13)8-10-20-16/h2-6,11,19H,7-10,18H2,1H3. The predicted molar refractivity (Wildman–Crippen MR) is 83.4 cm³/mol. The second-order valence-corrected chi connectivity index (χ2v) is 5.26. The van der Waals surface area contributed by atoms with Gasteiger partial charge in [-0.15, -0.1) is 0 Å². The van der Waals surface area contributed by atoms with Crippen molar-refractivity contribution in [1.29, 1.82) is 0 Å². The zero-order valence-corrected chi connectivity index (χ0v) is 11.8. The lowest BCUT2D eigenvalue weighted by Gasteiger charge is -2.12. The van der Waals surface area contributed by atoms with Gasteiger partial charge in [0, 0.05) is 13.0 Å². The molecule has 0 saturated carbocycles. The van der Waals surface area contributed by atoms with E-state index in [4.69, 9.17) is 10.5 Å². The van der Waals surface area contributed by atoms with Crippen molar-refractivity contribution in [2.45, 2.75) is 19.8 Å². The van der Waals surface area contributed by atoms with Gasteiger partial charge in [0.2, 0.25) is 0 Å². The average molecular weight is 268 g/mol. The molecular formula is C17H20N2O. The number of rotatable bonds is 4. The first kappa shape index (κ1) is 12.9. The van der Waals surface area contributed by atoms with E-state index in [1.807, 2.05) is 12.1 Å². The third kappa shape index (κ3) is 2.57. The Morgan fingerprint density at radius 2 is 2.15 bits per heavy atom. The largest absolute Gasteiger partial charge is 0.493 e. The van der Waals surface area contributed by atoms with Crippen molar-refractivity contribution in [2.24, 2.45) is 0 Å². The zero-order valence-electron chi connectivity index (χ0n) is 11.8. The van der Waals surface area contributed by atoms with Crippen LogP contribution in [0.25, 0.3) is 0 Å². The van der Waals surface area contributed by atoms with Crippen molar-refractivity contribution in [3.63, 3.8) is 0 Å². The van der Waals surface area contributed by atoms with Gasteiger partial charge >= 0.3 is 0 Å². The molecule has 3 heteroatoms. The molecule has 0 fully saturated rings. The summed E-state index contributed by atoms with van der Waals surface area (Å²) in [5, 5.41) is 3.44. The van der Waals surface area contributed by atoms with Crippen LogP contribution in [0.5, 0.6) is 5.75 Å². The fourth-order valence-electron chi connectivity index (χ4n) is 2.66. The number of anilines is 2. The SMILES string of the molecule is Cc1cccc(N)c1NCCc1ccc2c(c1)CCO2. The maximum Gasteiger partial charge on any atom is 0.122 e. The van der Waals surface area contributed by atoms with Crippen LogP contribution in [0.2, 0.25) is 0 Å². The van der Waals surface area contributed by atoms with Gasteiger partial charge in [-0.25, -0.2) is 0 Å². The van der Waals surface area contributed by atoms with Crippen molar-refractivity contribution in [3.05, 3.63) is 53.1 Å². The Morgan fingerprint density at radius 1 is 1.25 bits per heavy atom. The van der Waals surface area contributed by atoms with Gasteiger partial charge in [0.05, 0.1) is 18.0 Å². The first-order valence-corrected chi connectivity index (χ1v) is 7.07. The van der Waals surface area contributed by atoms with E-state index in [1.54, 1.807) is 0 Å². The molecule has 1 aliphatic rings. The number of nitrogens with two attached hydrogens (primary N) is 1. The molecule has 1 heterocycles. The maximum absolute atomic E-state index is 6.00. The number of benzene rings is 2. The first-order valence-electron chi connectivity index (χ1n) is 7.07. The van der Waals surface area contributed by atoms with Gasteiger partial charge in [0.15, 0.2) is 0 Å². The highest BCUT2D eigenvalue weighted by atomic mass is 16.5. The van der Waals surface area contributed by atoms with Gasteiger partial charge in [-0.2, -0.15) is 0 Å². The molecule has 104 valence electrons. The zero-order chi connectivity index (χ0) is 13.9. The molecule has 0 aliphatic carbocycles. The fourth-order valence-corrected chi connectivity index (χ4v) is 2.66. The van der Waals surface area contributed by atoms with Crippen LogP contribution in [-0.4, -0.2) is 13.2 Å². The average Bonchev–Trinajstić information content (AvgIpc) is 2.89. The molecular weight excluding hydrogens is 248 g/mol. The minimum absolute atomic E-state index is 0.812. The summed E-state index contributed by atoms with van der Waals surface area (Å²) in [5.74, 6) is 1.05. The van der Waals surface area contributed by atoms with Crippen LogP contribution >= 0.6 is 0 Å². The molecule has 2 aromatic carbocycles. The molecule has 0 unspecified atom stereocenters. The number of ether oxygens (including phenoxy) is 1. The molecule has 2 aromatic rings. The van der Waals surface area contributed by atoms with E-state index in [0.717, 1.165) is 43.1 Å². The lowest BCUT2D eigenvalue weighted by Crippen LogP contribution is -2.08. The first-order chi connectivity index (χ1) is 9.74. The quantitative estimate of drug-likeness (QED) is 0.837. The molecule has 0 aromatic heterocycles. The van der Waals surface area contributed by atoms with Crippen molar-refractivity contribution in [2.75, 3.05) is 24.2 Å². The smallest absolute Gasteiger partial charge is 0.122 e. The number of para-hydroxylation sites is 1. The van der Waals surface area contributed by atoms with Crippen molar-refractivity contribution >= 4 is 11.4 Å². The highest BCUT2D eigenvalue weighted by Gasteiger charge is 2.11. The summed E-state index contributed by atoms with van der Waals surface area (Å²) in [7, 11) is 0. The Labute approximate surface area is 119 Å². The summed E-state index contributed by atoms with van der Waals surface area (Å²) >= 11 is 0. The summed E-state index contributed by atoms with van der Waals surface area (Å²) in [6, 6.07) is 12.5. The van der Waals surface area contributed by atoms with E-state index in [-0.39, 0.29) is 0 Å². The van der Waals surface area contributed by atoms with Crippen LogP contribution in [0.4, 0.5) is 11.4 Å². The summed E-state index contributed by atoms with van der Waals surface area (Å²) < 4.78 is 5.53. The maximum atomic E-state index is 6.00. The van der Waals surface area contributed by atoms with E-state index in [2.05, 4.69) is 36.5 Å². The van der Waals surface area contributed by atoms with Crippen LogP contribution in [0, 0.1) is 6.92 Å². The Hall–Kier alpha value is -2.16. The van der Waals surface area contributed by atoms with E-state index < -0.39 is 0 Å². The number of hydrogen-bond acceptors (Lipinski definition) is 3. The third-order valence-corrected chi connectivity index (χ3v) is 3.77. The highest BCUT2D eigenvalue weighted by Crippen LogP contribution is 2.26. The Kier molecular flexibility index (Phi) is 3.50. The Balaban J connectivity index is 1.63. The van der Waals surface area contributed by atoms with Gasteiger partial charge in [0.25, 0.3) is 0 Å². The van der Waals surface area contributed by atoms with Gasteiger partial charge < -0.3 is 15.8 Å². The van der Waals surface area contributed by atoms with E-state index in [0.29, 0.717) is 0 Å². The highest BCUT2D eigenvalue weighted by molar-refractivity contribution is 5.69. The lowest BCUT2D eigenvalue weighted by atomic mass is 10.1. The fraction of sp³-hybridized carbons (Fsp3) is 0.294. The van der Waals surface area contributed by atoms with Crippen LogP contribution in [0.15, 0.2) is 36.4 Å². The van der Waals surface area contributed by atoms with Crippen LogP contribution in [0.1, 0.15) is 16.7 Å². The van der Waals surface area contributed by atoms with E-state index in [9.17, 15) is 0 Å². The van der Waals surface area contributed by atoms with Gasteiger partial charge in [-0.1, -0.05) is 24.3 Å². The van der Waals surface area contributed by atoms with Crippen molar-refractivity contribution in [3.8, 4) is 5.75 Å². The number of fused-ring (bicyclic) bond motifs is 1. The summed E-state index contributed by atoms with van der Waals surface area (Å²) in [5.41, 5.74) is 11.7. The molecule has 1 aliphatic heterocycles. The Bertz CT molecular complexity index is 602. The second kappa shape index (κ2) is 5.45. The second-order valence-electron chi connectivity index (χ2n) is 5.26. The van der Waals surface area contributed by atoms with E-state index in [1.165, 1.54) is 16.7 Å². The minimum atomic E-state index is 0.812. The molecule has 0 bridgehead atoms. The number of nitrogens with one attached hydrogen (secondary N) is 1. The molecule has 0 radical (unpaired) electrons. The van der Waals surface area contributed by atoms with Crippen LogP contribution < -0.4 is 15.8 Å². The third-order valence-electron chi connectivity index (χ3n) is 3.77. The minimum Gasteiger partial charge on any atom is -0.493 e. The van der Waals surface area contributed by atoms with Crippen LogP contribution in [0.3, 0.4) is 0 Å². The van der Waals surface area contributed by atoms with Gasteiger partial charge in [-0.05, 0) is 42.2 Å². The van der Waals surface area contributed by atoms with Gasteiger partial charge in [-0.3, -0.25) is 0 Å². The summed E-state index contributed by atoms with van der Waals surface area (Å²) in [6.45, 7) is 3.77. The summed E-state index contributed by atoms with van der Waals surface area (Å²) in [4.78, 5) is 0. The predicted octanol–water partition coefficient (Wildman–Crippen LogP) is 3.17. The topological polar surface area (TPSA) is 47.3 Å². The monoisotopic (exact) mass is 268 g/mol. The number of nitrogen functional groups attached to an aromatic ring is 1. The molecule has 0 amide bonds. The summed E-state index contributed by atoms with van der Waals surface area (Å²) in [6.07, 6.45) is 2.02. The normalized spacial score (nSPS) is 12.8. The molecule has 20 heavy (non-hydrogen) atoms. The molecule has 0 spiro atoms. The van der Waals surface area contributed by atoms with Crippen molar-refractivity contribution in [1.82, 2.24) is 0 Å². The van der Waals surface area contributed by atoms with E-state index >= 15 is 0 Å². The molecule has 0 saturated heterocycles. The molecule has 3 nitrogen and oxygen atoms in total. The van der Waals surface area contributed by atoms with Crippen LogP contribution in [-0.2, 0) is 12.8 Å². The molecule has 3 rings (SSSR count). The number of hydrogen-bond donors (Lipinski definition) is 2.